The number of thioether (sulfide) groups is 1. The SMILES string of the molecule is CSCC(C)NC(=O)N1CCOC(CC(=O)O)C1. The normalized spacial score (nSPS) is 21.4. The fourth-order valence-corrected chi connectivity index (χ4v) is 2.40. The van der Waals surface area contributed by atoms with Crippen LogP contribution in [0.15, 0.2) is 0 Å². The molecular formula is C11H20N2O4S. The van der Waals surface area contributed by atoms with Gasteiger partial charge in [0.25, 0.3) is 0 Å². The van der Waals surface area contributed by atoms with Gasteiger partial charge in [-0.2, -0.15) is 11.8 Å². The van der Waals surface area contributed by atoms with Gasteiger partial charge in [0, 0.05) is 24.9 Å². The minimum absolute atomic E-state index is 0.0653. The van der Waals surface area contributed by atoms with E-state index in [-0.39, 0.29) is 18.5 Å². The number of aliphatic carboxylic acids is 1. The molecule has 0 spiro atoms. The molecule has 1 heterocycles. The van der Waals surface area contributed by atoms with Gasteiger partial charge < -0.3 is 20.1 Å². The van der Waals surface area contributed by atoms with Crippen molar-refractivity contribution in [1.29, 1.82) is 0 Å². The van der Waals surface area contributed by atoms with Gasteiger partial charge in [-0.25, -0.2) is 4.79 Å². The third kappa shape index (κ3) is 5.14. The quantitative estimate of drug-likeness (QED) is 0.769. The average Bonchev–Trinajstić information content (AvgIpc) is 2.28. The van der Waals surface area contributed by atoms with E-state index in [1.807, 2.05) is 13.2 Å². The molecule has 7 heteroatoms. The molecule has 1 aliphatic rings. The van der Waals surface area contributed by atoms with Crippen LogP contribution in [-0.4, -0.2) is 65.9 Å². The first-order valence-corrected chi connectivity index (χ1v) is 7.30. The van der Waals surface area contributed by atoms with Crippen LogP contribution in [0, 0.1) is 0 Å². The lowest BCUT2D eigenvalue weighted by Crippen LogP contribution is -2.52. The highest BCUT2D eigenvalue weighted by Crippen LogP contribution is 2.09. The molecule has 0 aliphatic carbocycles. The highest BCUT2D eigenvalue weighted by Gasteiger charge is 2.26. The Kier molecular flexibility index (Phi) is 6.28. The summed E-state index contributed by atoms with van der Waals surface area (Å²) in [7, 11) is 0. The molecule has 0 aromatic heterocycles. The van der Waals surface area contributed by atoms with Gasteiger partial charge >= 0.3 is 12.0 Å². The summed E-state index contributed by atoms with van der Waals surface area (Å²) in [6.45, 7) is 3.18. The predicted molar refractivity (Wildman–Crippen MR) is 69.9 cm³/mol. The van der Waals surface area contributed by atoms with E-state index >= 15 is 0 Å². The zero-order valence-corrected chi connectivity index (χ0v) is 11.5. The molecule has 0 aromatic carbocycles. The molecule has 0 saturated carbocycles. The molecule has 104 valence electrons. The monoisotopic (exact) mass is 276 g/mol. The largest absolute Gasteiger partial charge is 0.481 e. The van der Waals surface area contributed by atoms with E-state index in [1.165, 1.54) is 0 Å². The number of carbonyl (C=O) groups is 2. The maximum Gasteiger partial charge on any atom is 0.317 e. The van der Waals surface area contributed by atoms with Crippen LogP contribution in [0.3, 0.4) is 0 Å². The Hall–Kier alpha value is -0.950. The topological polar surface area (TPSA) is 78.9 Å². The Bertz CT molecular complexity index is 301. The molecule has 1 saturated heterocycles. The molecule has 6 nitrogen and oxygen atoms in total. The fraction of sp³-hybridized carbons (Fsp3) is 0.818. The summed E-state index contributed by atoms with van der Waals surface area (Å²) in [6.07, 6.45) is 1.52. The van der Waals surface area contributed by atoms with Crippen LogP contribution in [0.2, 0.25) is 0 Å². The molecular weight excluding hydrogens is 256 g/mol. The average molecular weight is 276 g/mol. The zero-order valence-electron chi connectivity index (χ0n) is 10.7. The van der Waals surface area contributed by atoms with Crippen LogP contribution in [0.25, 0.3) is 0 Å². The zero-order chi connectivity index (χ0) is 13.5. The second-order valence-corrected chi connectivity index (χ2v) is 5.25. The van der Waals surface area contributed by atoms with Crippen molar-refractivity contribution in [2.75, 3.05) is 31.7 Å². The lowest BCUT2D eigenvalue weighted by Gasteiger charge is -2.33. The smallest absolute Gasteiger partial charge is 0.317 e. The van der Waals surface area contributed by atoms with Crippen molar-refractivity contribution in [3.63, 3.8) is 0 Å². The Morgan fingerprint density at radius 2 is 2.33 bits per heavy atom. The summed E-state index contributed by atoms with van der Waals surface area (Å²) in [6, 6.07) is -0.0384. The summed E-state index contributed by atoms with van der Waals surface area (Å²) < 4.78 is 5.32. The molecule has 0 radical (unpaired) electrons. The van der Waals surface area contributed by atoms with E-state index in [0.717, 1.165) is 5.75 Å². The van der Waals surface area contributed by atoms with Gasteiger partial charge in [-0.05, 0) is 13.2 Å². The Morgan fingerprint density at radius 1 is 1.61 bits per heavy atom. The highest BCUT2D eigenvalue weighted by atomic mass is 32.2. The Morgan fingerprint density at radius 3 is 2.94 bits per heavy atom. The van der Waals surface area contributed by atoms with Crippen LogP contribution < -0.4 is 5.32 Å². The first-order valence-electron chi connectivity index (χ1n) is 5.90. The summed E-state index contributed by atoms with van der Waals surface area (Å²) in [5.41, 5.74) is 0. The number of nitrogens with zero attached hydrogens (tertiary/aromatic N) is 1. The van der Waals surface area contributed by atoms with E-state index in [2.05, 4.69) is 5.32 Å². The van der Waals surface area contributed by atoms with Gasteiger partial charge in [0.15, 0.2) is 0 Å². The van der Waals surface area contributed by atoms with Crippen molar-refractivity contribution in [1.82, 2.24) is 10.2 Å². The second kappa shape index (κ2) is 7.48. The van der Waals surface area contributed by atoms with Crippen molar-refractivity contribution < 1.29 is 19.4 Å². The second-order valence-electron chi connectivity index (χ2n) is 4.34. The van der Waals surface area contributed by atoms with E-state index in [4.69, 9.17) is 9.84 Å². The van der Waals surface area contributed by atoms with Crippen LogP contribution in [0.1, 0.15) is 13.3 Å². The van der Waals surface area contributed by atoms with Gasteiger partial charge in [0.05, 0.1) is 19.1 Å². The lowest BCUT2D eigenvalue weighted by molar-refractivity contribution is -0.141. The molecule has 1 aliphatic heterocycles. The maximum atomic E-state index is 11.9. The summed E-state index contributed by atoms with van der Waals surface area (Å²) >= 11 is 1.67. The lowest BCUT2D eigenvalue weighted by atomic mass is 10.2. The first-order chi connectivity index (χ1) is 8.52. The molecule has 2 unspecified atom stereocenters. The molecule has 1 rings (SSSR count). The number of hydrogen-bond acceptors (Lipinski definition) is 4. The van der Waals surface area contributed by atoms with Crippen molar-refractivity contribution in [3.8, 4) is 0 Å². The third-order valence-electron chi connectivity index (χ3n) is 2.61. The predicted octanol–water partition coefficient (Wildman–Crippen LogP) is 0.623. The molecule has 0 bridgehead atoms. The minimum Gasteiger partial charge on any atom is -0.481 e. The highest BCUT2D eigenvalue weighted by molar-refractivity contribution is 7.98. The number of ether oxygens (including phenoxy) is 1. The van der Waals surface area contributed by atoms with Crippen LogP contribution in [0.5, 0.6) is 0 Å². The van der Waals surface area contributed by atoms with E-state index in [9.17, 15) is 9.59 Å². The van der Waals surface area contributed by atoms with E-state index in [1.54, 1.807) is 16.7 Å². The van der Waals surface area contributed by atoms with E-state index < -0.39 is 12.1 Å². The van der Waals surface area contributed by atoms with Gasteiger partial charge in [-0.1, -0.05) is 0 Å². The van der Waals surface area contributed by atoms with Crippen molar-refractivity contribution in [2.24, 2.45) is 0 Å². The maximum absolute atomic E-state index is 11.9. The van der Waals surface area contributed by atoms with Gasteiger partial charge in [-0.3, -0.25) is 4.79 Å². The van der Waals surface area contributed by atoms with Gasteiger partial charge in [0.2, 0.25) is 0 Å². The van der Waals surface area contributed by atoms with Crippen molar-refractivity contribution >= 4 is 23.8 Å². The number of carbonyl (C=O) groups excluding carboxylic acids is 1. The van der Waals surface area contributed by atoms with Crippen LogP contribution >= 0.6 is 11.8 Å². The van der Waals surface area contributed by atoms with E-state index in [0.29, 0.717) is 19.7 Å². The number of hydrogen-bond donors (Lipinski definition) is 2. The fourth-order valence-electron chi connectivity index (χ4n) is 1.82. The standard InChI is InChI=1S/C11H20N2O4S/c1-8(7-18-2)12-11(16)13-3-4-17-9(6-13)5-10(14)15/h8-9H,3-7H2,1-2H3,(H,12,16)(H,14,15). The number of carboxylic acid groups (broad SMARTS) is 1. The number of morpholine rings is 1. The molecule has 2 N–H and O–H groups in total. The summed E-state index contributed by atoms with van der Waals surface area (Å²) in [5.74, 6) is -0.0488. The van der Waals surface area contributed by atoms with Crippen LogP contribution in [0.4, 0.5) is 4.79 Å². The first kappa shape index (κ1) is 15.1. The number of carboxylic acids is 1. The summed E-state index contributed by atoms with van der Waals surface area (Å²) in [4.78, 5) is 24.1. The Balaban J connectivity index is 2.40. The molecule has 18 heavy (non-hydrogen) atoms. The number of rotatable bonds is 5. The molecule has 1 fully saturated rings. The Labute approximate surface area is 111 Å². The van der Waals surface area contributed by atoms with Crippen molar-refractivity contribution in [2.45, 2.75) is 25.5 Å². The van der Waals surface area contributed by atoms with Gasteiger partial charge in [-0.15, -0.1) is 0 Å². The minimum atomic E-state index is -0.905. The third-order valence-corrected chi connectivity index (χ3v) is 3.45. The number of nitrogens with one attached hydrogen (secondary N) is 1. The summed E-state index contributed by atoms with van der Waals surface area (Å²) in [5, 5.41) is 11.6. The van der Waals surface area contributed by atoms with Gasteiger partial charge in [0.1, 0.15) is 0 Å². The molecule has 2 atom stereocenters. The molecule has 2 amide bonds. The number of amides is 2. The van der Waals surface area contributed by atoms with Crippen LogP contribution in [-0.2, 0) is 9.53 Å². The number of urea groups is 1. The van der Waals surface area contributed by atoms with Crippen molar-refractivity contribution in [3.05, 3.63) is 0 Å². The molecule has 0 aromatic rings.